The molecule has 3 aromatic rings. The van der Waals surface area contributed by atoms with Gasteiger partial charge in [-0.1, -0.05) is 12.1 Å². The van der Waals surface area contributed by atoms with E-state index >= 15 is 0 Å². The number of aromatic amines is 1. The van der Waals surface area contributed by atoms with Crippen molar-refractivity contribution in [2.24, 2.45) is 5.73 Å². The number of halogens is 3. The predicted molar refractivity (Wildman–Crippen MR) is 97.2 cm³/mol. The average Bonchev–Trinajstić information content (AvgIpc) is 3.19. The van der Waals surface area contributed by atoms with Crippen LogP contribution in [-0.4, -0.2) is 31.2 Å². The molecule has 4 N–H and O–H groups in total. The van der Waals surface area contributed by atoms with E-state index in [2.05, 4.69) is 14.9 Å². The number of hydrogen-bond acceptors (Lipinski definition) is 4. The molecule has 1 heterocycles. The minimum absolute atomic E-state index is 0.0333. The number of sulfonamides is 1. The highest BCUT2D eigenvalue weighted by Gasteiger charge is 2.18. The zero-order valence-electron chi connectivity index (χ0n) is 14.5. The van der Waals surface area contributed by atoms with Crippen LogP contribution >= 0.6 is 0 Å². The summed E-state index contributed by atoms with van der Waals surface area (Å²) < 4.78 is 67.0. The van der Waals surface area contributed by atoms with Crippen molar-refractivity contribution in [2.45, 2.75) is 17.4 Å². The van der Waals surface area contributed by atoms with Gasteiger partial charge < -0.3 is 5.73 Å². The lowest BCUT2D eigenvalue weighted by molar-refractivity contribution is 0.486. The molecule has 0 saturated heterocycles. The van der Waals surface area contributed by atoms with Gasteiger partial charge in [0.15, 0.2) is 11.6 Å². The molecule has 3 rings (SSSR count). The normalized spacial score (nSPS) is 12.9. The van der Waals surface area contributed by atoms with Gasteiger partial charge in [0.25, 0.3) is 0 Å². The van der Waals surface area contributed by atoms with E-state index < -0.39 is 33.5 Å². The quantitative estimate of drug-likeness (QED) is 0.521. The lowest BCUT2D eigenvalue weighted by Crippen LogP contribution is -2.38. The van der Waals surface area contributed by atoms with E-state index in [0.29, 0.717) is 12.1 Å². The zero-order chi connectivity index (χ0) is 20.3. The van der Waals surface area contributed by atoms with Crippen molar-refractivity contribution in [3.63, 3.8) is 0 Å². The molecule has 28 heavy (non-hydrogen) atoms. The van der Waals surface area contributed by atoms with Gasteiger partial charge >= 0.3 is 0 Å². The lowest BCUT2D eigenvalue weighted by atomic mass is 10.1. The summed E-state index contributed by atoms with van der Waals surface area (Å²) in [6.07, 6.45) is 3.13. The number of nitrogens with zero attached hydrogens (tertiary/aromatic N) is 1. The van der Waals surface area contributed by atoms with Crippen LogP contribution in [0.5, 0.6) is 0 Å². The van der Waals surface area contributed by atoms with E-state index in [-0.39, 0.29) is 23.4 Å². The summed E-state index contributed by atoms with van der Waals surface area (Å²) in [4.78, 5) is 0.0333. The first-order chi connectivity index (χ1) is 13.3. The minimum atomic E-state index is -3.84. The standard InChI is InChI=1S/C18H17F3N4O2S/c19-16-7-18(21)17(20)6-12(16)5-14(22)10-25-28(26,27)15-3-1-11(2-4-15)13-8-23-24-9-13/h1-4,6-9,14,25H,5,10,22H2,(H,23,24)/t14-/m1/s1. The van der Waals surface area contributed by atoms with Crippen molar-refractivity contribution in [1.82, 2.24) is 14.9 Å². The van der Waals surface area contributed by atoms with Gasteiger partial charge in [-0.3, -0.25) is 5.10 Å². The highest BCUT2D eigenvalue weighted by atomic mass is 32.2. The summed E-state index contributed by atoms with van der Waals surface area (Å²) in [6.45, 7) is -0.204. The third-order valence-electron chi connectivity index (χ3n) is 4.10. The Hall–Kier alpha value is -2.69. The molecule has 0 spiro atoms. The Morgan fingerprint density at radius 2 is 1.71 bits per heavy atom. The second kappa shape index (κ2) is 8.13. The maximum Gasteiger partial charge on any atom is 0.240 e. The summed E-state index contributed by atoms with van der Waals surface area (Å²) in [6, 6.07) is 6.46. The van der Waals surface area contributed by atoms with E-state index in [9.17, 15) is 21.6 Å². The van der Waals surface area contributed by atoms with Crippen molar-refractivity contribution in [2.75, 3.05) is 6.54 Å². The molecule has 10 heteroatoms. The van der Waals surface area contributed by atoms with Crippen LogP contribution in [0.2, 0.25) is 0 Å². The predicted octanol–water partition coefficient (Wildman–Crippen LogP) is 2.34. The molecule has 0 saturated carbocycles. The summed E-state index contributed by atoms with van der Waals surface area (Å²) in [5.41, 5.74) is 7.29. The van der Waals surface area contributed by atoms with E-state index in [1.54, 1.807) is 24.5 Å². The Kier molecular flexibility index (Phi) is 5.82. The van der Waals surface area contributed by atoms with Crippen LogP contribution in [-0.2, 0) is 16.4 Å². The minimum Gasteiger partial charge on any atom is -0.326 e. The Morgan fingerprint density at radius 1 is 1.04 bits per heavy atom. The van der Waals surface area contributed by atoms with Gasteiger partial charge in [-0.25, -0.2) is 26.3 Å². The molecule has 1 atom stereocenters. The van der Waals surface area contributed by atoms with Crippen LogP contribution in [0.3, 0.4) is 0 Å². The van der Waals surface area contributed by atoms with Crippen LogP contribution in [0, 0.1) is 17.5 Å². The van der Waals surface area contributed by atoms with E-state index in [4.69, 9.17) is 5.73 Å². The highest BCUT2D eigenvalue weighted by molar-refractivity contribution is 7.89. The molecule has 0 fully saturated rings. The number of hydrogen-bond donors (Lipinski definition) is 3. The molecule has 0 aliphatic rings. The lowest BCUT2D eigenvalue weighted by Gasteiger charge is -2.14. The second-order valence-electron chi connectivity index (χ2n) is 6.19. The smallest absolute Gasteiger partial charge is 0.240 e. The first kappa shape index (κ1) is 20.1. The summed E-state index contributed by atoms with van der Waals surface area (Å²) >= 11 is 0. The average molecular weight is 410 g/mol. The van der Waals surface area contributed by atoms with Crippen molar-refractivity contribution in [3.05, 3.63) is 71.8 Å². The third-order valence-corrected chi connectivity index (χ3v) is 5.54. The summed E-state index contributed by atoms with van der Waals surface area (Å²) in [7, 11) is -3.84. The maximum atomic E-state index is 13.7. The van der Waals surface area contributed by atoms with Crippen molar-refractivity contribution in [1.29, 1.82) is 0 Å². The fourth-order valence-electron chi connectivity index (χ4n) is 2.61. The molecular formula is C18H17F3N4O2S. The van der Waals surface area contributed by atoms with E-state index in [1.807, 2.05) is 0 Å². The monoisotopic (exact) mass is 410 g/mol. The van der Waals surface area contributed by atoms with Crippen molar-refractivity contribution < 1.29 is 21.6 Å². The topological polar surface area (TPSA) is 101 Å². The molecule has 2 aromatic carbocycles. The van der Waals surface area contributed by atoms with Crippen molar-refractivity contribution >= 4 is 10.0 Å². The third kappa shape index (κ3) is 4.58. The first-order valence-electron chi connectivity index (χ1n) is 8.24. The largest absolute Gasteiger partial charge is 0.326 e. The van der Waals surface area contributed by atoms with Gasteiger partial charge in [-0.2, -0.15) is 5.10 Å². The second-order valence-corrected chi connectivity index (χ2v) is 7.95. The molecule has 0 radical (unpaired) electrons. The van der Waals surface area contributed by atoms with Gasteiger partial charge in [0.1, 0.15) is 5.82 Å². The number of benzene rings is 2. The molecule has 148 valence electrons. The molecule has 0 unspecified atom stereocenters. The Morgan fingerprint density at radius 3 is 2.36 bits per heavy atom. The van der Waals surface area contributed by atoms with Crippen molar-refractivity contribution in [3.8, 4) is 11.1 Å². The molecule has 0 bridgehead atoms. The first-order valence-corrected chi connectivity index (χ1v) is 9.72. The molecule has 6 nitrogen and oxygen atoms in total. The van der Waals surface area contributed by atoms with Gasteiger partial charge in [0.05, 0.1) is 11.1 Å². The summed E-state index contributed by atoms with van der Waals surface area (Å²) in [5, 5.41) is 6.50. The van der Waals surface area contributed by atoms with Crippen LogP contribution in [0.25, 0.3) is 11.1 Å². The zero-order valence-corrected chi connectivity index (χ0v) is 15.3. The van der Waals surface area contributed by atoms with Crippen LogP contribution in [0.1, 0.15) is 5.56 Å². The maximum absolute atomic E-state index is 13.7. The molecular weight excluding hydrogens is 393 g/mol. The van der Waals surface area contributed by atoms with E-state index in [0.717, 1.165) is 11.1 Å². The Bertz CT molecular complexity index is 1060. The van der Waals surface area contributed by atoms with Crippen LogP contribution in [0.15, 0.2) is 53.7 Å². The SMILES string of the molecule is N[C@@H](CNS(=O)(=O)c1ccc(-c2cn[nH]c2)cc1)Cc1cc(F)c(F)cc1F. The number of H-pyrrole nitrogens is 1. The number of rotatable bonds is 7. The Balaban J connectivity index is 1.63. The molecule has 0 aliphatic heterocycles. The Labute approximate surface area is 159 Å². The molecule has 1 aromatic heterocycles. The van der Waals surface area contributed by atoms with Crippen LogP contribution < -0.4 is 10.5 Å². The van der Waals surface area contributed by atoms with Gasteiger partial charge in [-0.15, -0.1) is 0 Å². The van der Waals surface area contributed by atoms with Gasteiger partial charge in [0.2, 0.25) is 10.0 Å². The summed E-state index contributed by atoms with van der Waals surface area (Å²) in [5.74, 6) is -3.43. The van der Waals surface area contributed by atoms with E-state index in [1.165, 1.54) is 12.1 Å². The van der Waals surface area contributed by atoms with Gasteiger partial charge in [0, 0.05) is 30.4 Å². The van der Waals surface area contributed by atoms with Crippen LogP contribution in [0.4, 0.5) is 13.2 Å². The number of nitrogens with two attached hydrogens (primary N) is 1. The van der Waals surface area contributed by atoms with Gasteiger partial charge in [-0.05, 0) is 35.7 Å². The molecule has 0 amide bonds. The number of aromatic nitrogens is 2. The molecule has 0 aliphatic carbocycles. The fraction of sp³-hybridized carbons (Fsp3) is 0.167. The number of nitrogens with one attached hydrogen (secondary N) is 2. The fourth-order valence-corrected chi connectivity index (χ4v) is 3.70. The highest BCUT2D eigenvalue weighted by Crippen LogP contribution is 2.20.